The highest BCUT2D eigenvalue weighted by atomic mass is 32.2. The van der Waals surface area contributed by atoms with Crippen LogP contribution >= 0.6 is 0 Å². The maximum absolute atomic E-state index is 11.2. The normalized spacial score (nSPS) is 12.8. The maximum atomic E-state index is 11.2. The number of hydrogen-bond acceptors (Lipinski definition) is 3. The lowest BCUT2D eigenvalue weighted by Gasteiger charge is -2.17. The van der Waals surface area contributed by atoms with E-state index in [1.54, 1.807) is 12.1 Å². The van der Waals surface area contributed by atoms with Crippen LogP contribution in [0, 0.1) is 0 Å². The highest BCUT2D eigenvalue weighted by Crippen LogP contribution is 2.14. The van der Waals surface area contributed by atoms with E-state index < -0.39 is 9.84 Å². The third kappa shape index (κ3) is 4.33. The number of hydrogen-bond donors (Lipinski definition) is 1. The first-order valence-corrected chi connectivity index (χ1v) is 7.15. The van der Waals surface area contributed by atoms with Gasteiger partial charge in [-0.1, -0.05) is 12.1 Å². The van der Waals surface area contributed by atoms with E-state index in [2.05, 4.69) is 0 Å². The molecule has 0 fully saturated rings. The van der Waals surface area contributed by atoms with Gasteiger partial charge >= 0.3 is 0 Å². The second kappa shape index (κ2) is 4.55. The second-order valence-corrected chi connectivity index (χ2v) is 6.92. The van der Waals surface area contributed by atoms with Gasteiger partial charge in [-0.2, -0.15) is 0 Å². The highest BCUT2D eigenvalue weighted by Gasteiger charge is 2.11. The topological polar surface area (TPSA) is 60.2 Å². The van der Waals surface area contributed by atoms with E-state index in [-0.39, 0.29) is 5.54 Å². The van der Waals surface area contributed by atoms with E-state index in [0.29, 0.717) is 4.90 Å². The van der Waals surface area contributed by atoms with Gasteiger partial charge in [-0.15, -0.1) is 0 Å². The van der Waals surface area contributed by atoms with Crippen LogP contribution in [0.25, 0.3) is 0 Å². The van der Waals surface area contributed by atoms with E-state index in [1.807, 2.05) is 26.0 Å². The first-order valence-electron chi connectivity index (χ1n) is 5.26. The lowest BCUT2D eigenvalue weighted by atomic mass is 9.97. The van der Waals surface area contributed by atoms with Crippen LogP contribution < -0.4 is 5.73 Å². The van der Waals surface area contributed by atoms with Gasteiger partial charge in [0.25, 0.3) is 0 Å². The number of rotatable bonds is 4. The van der Waals surface area contributed by atoms with Crippen molar-refractivity contribution >= 4 is 9.84 Å². The van der Waals surface area contributed by atoms with Crippen LogP contribution in [0.5, 0.6) is 0 Å². The molecule has 0 aliphatic rings. The van der Waals surface area contributed by atoms with E-state index >= 15 is 0 Å². The summed E-state index contributed by atoms with van der Waals surface area (Å²) in [6.07, 6.45) is 2.96. The maximum Gasteiger partial charge on any atom is 0.175 e. The molecule has 0 spiro atoms. The van der Waals surface area contributed by atoms with Crippen LogP contribution in [0.4, 0.5) is 0 Å². The molecule has 0 atom stereocenters. The van der Waals surface area contributed by atoms with E-state index in [9.17, 15) is 8.42 Å². The first-order chi connectivity index (χ1) is 7.18. The number of benzene rings is 1. The van der Waals surface area contributed by atoms with Crippen molar-refractivity contribution in [3.63, 3.8) is 0 Å². The van der Waals surface area contributed by atoms with Crippen molar-refractivity contribution in [1.29, 1.82) is 0 Å². The molecule has 1 aromatic carbocycles. The molecule has 3 nitrogen and oxygen atoms in total. The molecule has 0 heterocycles. The van der Waals surface area contributed by atoms with Gasteiger partial charge < -0.3 is 5.73 Å². The quantitative estimate of drug-likeness (QED) is 0.873. The summed E-state index contributed by atoms with van der Waals surface area (Å²) >= 11 is 0. The van der Waals surface area contributed by atoms with Gasteiger partial charge in [0.2, 0.25) is 0 Å². The van der Waals surface area contributed by atoms with Gasteiger partial charge in [-0.25, -0.2) is 8.42 Å². The van der Waals surface area contributed by atoms with E-state index in [1.165, 1.54) is 6.26 Å². The van der Waals surface area contributed by atoms with E-state index in [4.69, 9.17) is 5.73 Å². The lowest BCUT2D eigenvalue weighted by molar-refractivity contribution is 0.477. The molecule has 0 aliphatic carbocycles. The Labute approximate surface area is 97.6 Å². The summed E-state index contributed by atoms with van der Waals surface area (Å²) in [5, 5.41) is 0. The second-order valence-electron chi connectivity index (χ2n) is 4.90. The van der Waals surface area contributed by atoms with Crippen LogP contribution in [0.2, 0.25) is 0 Å². The number of aryl methyl sites for hydroxylation is 1. The van der Waals surface area contributed by atoms with Gasteiger partial charge in [-0.05, 0) is 44.4 Å². The highest BCUT2D eigenvalue weighted by molar-refractivity contribution is 7.90. The van der Waals surface area contributed by atoms with Crippen molar-refractivity contribution in [2.45, 2.75) is 37.1 Å². The molecule has 0 radical (unpaired) electrons. The van der Waals surface area contributed by atoms with Gasteiger partial charge in [0, 0.05) is 11.8 Å². The van der Waals surface area contributed by atoms with E-state index in [0.717, 1.165) is 18.4 Å². The molecular weight excluding hydrogens is 222 g/mol. The summed E-state index contributed by atoms with van der Waals surface area (Å²) in [4.78, 5) is 0.364. The van der Waals surface area contributed by atoms with Crippen molar-refractivity contribution in [1.82, 2.24) is 0 Å². The molecule has 90 valence electrons. The lowest BCUT2D eigenvalue weighted by Crippen LogP contribution is -2.32. The Balaban J connectivity index is 2.73. The first kappa shape index (κ1) is 13.2. The zero-order chi connectivity index (χ0) is 12.4. The largest absolute Gasteiger partial charge is 0.326 e. The minimum absolute atomic E-state index is 0.185. The number of sulfone groups is 1. The fourth-order valence-electron chi connectivity index (χ4n) is 1.37. The van der Waals surface area contributed by atoms with Crippen molar-refractivity contribution in [3.8, 4) is 0 Å². The standard InChI is InChI=1S/C12H19NO2S/c1-12(2,13)9-8-10-4-6-11(7-5-10)16(3,14)15/h4-7H,8-9,13H2,1-3H3. The fourth-order valence-corrected chi connectivity index (χ4v) is 2.00. The predicted octanol–water partition coefficient (Wildman–Crippen LogP) is 1.76. The Kier molecular flexibility index (Phi) is 3.76. The predicted molar refractivity (Wildman–Crippen MR) is 66.1 cm³/mol. The summed E-state index contributed by atoms with van der Waals surface area (Å²) in [5.74, 6) is 0. The summed E-state index contributed by atoms with van der Waals surface area (Å²) in [6, 6.07) is 6.99. The third-order valence-corrected chi connectivity index (χ3v) is 3.54. The summed E-state index contributed by atoms with van der Waals surface area (Å²) in [7, 11) is -3.09. The molecule has 1 rings (SSSR count). The van der Waals surface area contributed by atoms with Crippen LogP contribution in [0.15, 0.2) is 29.2 Å². The smallest absolute Gasteiger partial charge is 0.175 e. The van der Waals surface area contributed by atoms with Crippen LogP contribution in [-0.2, 0) is 16.3 Å². The molecule has 0 amide bonds. The van der Waals surface area contributed by atoms with Gasteiger partial charge in [-0.3, -0.25) is 0 Å². The van der Waals surface area contributed by atoms with Crippen LogP contribution in [0.3, 0.4) is 0 Å². The summed E-state index contributed by atoms with van der Waals surface area (Å²) in [6.45, 7) is 3.97. The Morgan fingerprint density at radius 2 is 1.69 bits per heavy atom. The minimum atomic E-state index is -3.09. The van der Waals surface area contributed by atoms with Gasteiger partial charge in [0.05, 0.1) is 4.90 Å². The molecule has 16 heavy (non-hydrogen) atoms. The molecule has 1 aromatic rings. The molecule has 0 unspecified atom stereocenters. The summed E-state index contributed by atoms with van der Waals surface area (Å²) in [5.41, 5.74) is 6.82. The fraction of sp³-hybridized carbons (Fsp3) is 0.500. The van der Waals surface area contributed by atoms with Gasteiger partial charge in [0.1, 0.15) is 0 Å². The van der Waals surface area contributed by atoms with Crippen molar-refractivity contribution in [2.75, 3.05) is 6.26 Å². The molecule has 0 aliphatic heterocycles. The third-order valence-electron chi connectivity index (χ3n) is 2.41. The SMILES string of the molecule is CC(C)(N)CCc1ccc(S(C)(=O)=O)cc1. The molecule has 2 N–H and O–H groups in total. The van der Waals surface area contributed by atoms with Crippen LogP contribution in [-0.4, -0.2) is 20.2 Å². The van der Waals surface area contributed by atoms with Crippen molar-refractivity contribution < 1.29 is 8.42 Å². The Morgan fingerprint density at radius 3 is 2.06 bits per heavy atom. The minimum Gasteiger partial charge on any atom is -0.326 e. The Morgan fingerprint density at radius 1 is 1.19 bits per heavy atom. The number of nitrogens with two attached hydrogens (primary N) is 1. The summed E-state index contributed by atoms with van der Waals surface area (Å²) < 4.78 is 22.5. The molecule has 0 aromatic heterocycles. The Hall–Kier alpha value is -0.870. The average molecular weight is 241 g/mol. The molecule has 4 heteroatoms. The molecule has 0 saturated heterocycles. The van der Waals surface area contributed by atoms with Crippen LogP contribution in [0.1, 0.15) is 25.8 Å². The zero-order valence-corrected chi connectivity index (χ0v) is 10.8. The zero-order valence-electron chi connectivity index (χ0n) is 10.0. The molecular formula is C12H19NO2S. The monoisotopic (exact) mass is 241 g/mol. The van der Waals surface area contributed by atoms with Crippen molar-refractivity contribution in [2.24, 2.45) is 5.73 Å². The molecule has 0 saturated carbocycles. The van der Waals surface area contributed by atoms with Gasteiger partial charge in [0.15, 0.2) is 9.84 Å². The average Bonchev–Trinajstić information content (AvgIpc) is 2.13. The van der Waals surface area contributed by atoms with Crippen molar-refractivity contribution in [3.05, 3.63) is 29.8 Å². The Bertz CT molecular complexity index is 441. The molecule has 0 bridgehead atoms.